The van der Waals surface area contributed by atoms with Gasteiger partial charge in [-0.1, -0.05) is 19.7 Å². The van der Waals surface area contributed by atoms with Crippen LogP contribution in [0.5, 0.6) is 0 Å². The van der Waals surface area contributed by atoms with E-state index in [0.29, 0.717) is 13.7 Å². The largest absolute Gasteiger partial charge is 0.455 e. The highest BCUT2D eigenvalue weighted by Crippen LogP contribution is 2.08. The lowest BCUT2D eigenvalue weighted by atomic mass is 10.3. The van der Waals surface area contributed by atoms with Gasteiger partial charge in [0.15, 0.2) is 0 Å². The van der Waals surface area contributed by atoms with Crippen molar-refractivity contribution in [3.05, 3.63) is 105 Å². The van der Waals surface area contributed by atoms with Crippen molar-refractivity contribution in [1.29, 1.82) is 0 Å². The fourth-order valence-corrected chi connectivity index (χ4v) is 3.50. The molecule has 0 amide bonds. The van der Waals surface area contributed by atoms with E-state index in [0.717, 1.165) is 0 Å². The number of rotatable bonds is 18. The molecule has 0 N–H and O–H groups in total. The van der Waals surface area contributed by atoms with Crippen LogP contribution in [-0.2, 0) is 76.8 Å². The predicted octanol–water partition coefficient (Wildman–Crippen LogP) is 0.866. The molecule has 3 unspecified atom stereocenters. The summed E-state index contributed by atoms with van der Waals surface area (Å²) in [5.74, 6) is -8.72. The van der Waals surface area contributed by atoms with Gasteiger partial charge in [0, 0.05) is 16.7 Å². The van der Waals surface area contributed by atoms with Crippen LogP contribution in [0.4, 0.5) is 0 Å². The molecule has 0 aliphatic carbocycles. The Hall–Kier alpha value is -6.33. The zero-order chi connectivity index (χ0) is 39.5. The molecule has 18 nitrogen and oxygen atoms in total. The topological polar surface area (TPSA) is 224 Å². The molecule has 0 spiro atoms. The van der Waals surface area contributed by atoms with E-state index in [1.807, 2.05) is 0 Å². The summed E-state index contributed by atoms with van der Waals surface area (Å²) in [6.45, 7) is 25.8. The number of carbonyl (C=O) groups is 6. The smallest absolute Gasteiger partial charge is 0.374 e. The van der Waals surface area contributed by atoms with Crippen LogP contribution in [0.25, 0.3) is 0 Å². The van der Waals surface area contributed by atoms with Crippen LogP contribution in [0.3, 0.4) is 0 Å². The zero-order valence-corrected chi connectivity index (χ0v) is 29.1. The molecular weight excluding hydrogens is 678 g/mol. The minimum absolute atomic E-state index is 0.0412. The second kappa shape index (κ2) is 18.4. The second-order valence-corrected chi connectivity index (χ2v) is 11.1. The van der Waals surface area contributed by atoms with Crippen LogP contribution in [0.15, 0.2) is 87.9 Å². The van der Waals surface area contributed by atoms with Gasteiger partial charge in [-0.3, -0.25) is 0 Å². The zero-order valence-electron chi connectivity index (χ0n) is 29.1. The molecule has 0 aromatic carbocycles. The highest BCUT2D eigenvalue weighted by Gasteiger charge is 2.26. The Balaban J connectivity index is 3.49. The number of aromatic nitrogens is 3. The maximum Gasteiger partial charge on any atom is 0.374 e. The van der Waals surface area contributed by atoms with E-state index in [1.54, 1.807) is 0 Å². The number of carbonyl (C=O) groups excluding carboxylic acids is 6. The molecule has 1 heterocycles. The number of nitrogens with zero attached hydrogens (tertiary/aromatic N) is 3. The fraction of sp³-hybridized carbons (Fsp3) is 0.364. The summed E-state index contributed by atoms with van der Waals surface area (Å²) in [6.07, 6.45) is -3.86. The van der Waals surface area contributed by atoms with E-state index in [9.17, 15) is 43.2 Å². The first-order valence-electron chi connectivity index (χ1n) is 14.7. The van der Waals surface area contributed by atoms with E-state index < -0.39 is 108 Å². The van der Waals surface area contributed by atoms with Crippen LogP contribution < -0.4 is 17.1 Å². The molecule has 0 saturated heterocycles. The molecule has 1 rings (SSSR count). The monoisotopic (exact) mass is 717 g/mol. The first-order chi connectivity index (χ1) is 23.5. The summed E-state index contributed by atoms with van der Waals surface area (Å²) in [5.41, 5.74) is -3.84. The van der Waals surface area contributed by atoms with Gasteiger partial charge in [-0.15, -0.1) is 0 Å². The van der Waals surface area contributed by atoms with Crippen molar-refractivity contribution in [1.82, 2.24) is 13.7 Å². The molecule has 0 saturated carbocycles. The molecule has 1 aromatic rings. The van der Waals surface area contributed by atoms with Gasteiger partial charge >= 0.3 is 52.9 Å². The van der Waals surface area contributed by atoms with E-state index in [4.69, 9.17) is 28.4 Å². The summed E-state index contributed by atoms with van der Waals surface area (Å²) in [6, 6.07) is 0. The fourth-order valence-electron chi connectivity index (χ4n) is 3.50. The number of hydrogen-bond donors (Lipinski definition) is 0. The summed E-state index contributed by atoms with van der Waals surface area (Å²) in [7, 11) is 0. The Morgan fingerprint density at radius 2 is 0.647 bits per heavy atom. The number of hydrogen-bond acceptors (Lipinski definition) is 15. The summed E-state index contributed by atoms with van der Waals surface area (Å²) >= 11 is 0. The van der Waals surface area contributed by atoms with Crippen LogP contribution in [0, 0.1) is 0 Å². The standard InChI is InChI=1S/C33H39N3O15/c1-16(2)25(37)49-22(10)28(40)46-19(7)13-34-31(43)35(14-20(8)47-29(41)23(11)50-26(38)17(3)4)33(45)36(32(34)44)15-21(9)48-30(42)24(12)51-27(39)18(5)6/h19-21H,1,3,5,10-15H2,2,4,6-9H3. The lowest BCUT2D eigenvalue weighted by Crippen LogP contribution is -2.57. The minimum atomic E-state index is -1.29. The van der Waals surface area contributed by atoms with Crippen LogP contribution in [-0.4, -0.2) is 67.8 Å². The maximum atomic E-state index is 13.5. The average molecular weight is 718 g/mol. The number of ether oxygens (including phenoxy) is 6. The first-order valence-corrected chi connectivity index (χ1v) is 14.7. The van der Waals surface area contributed by atoms with Gasteiger partial charge in [-0.05, 0) is 61.3 Å². The summed E-state index contributed by atoms with van der Waals surface area (Å²) in [4.78, 5) is 113. The summed E-state index contributed by atoms with van der Waals surface area (Å²) < 4.78 is 31.1. The molecule has 0 fully saturated rings. The molecule has 18 heteroatoms. The lowest BCUT2D eigenvalue weighted by molar-refractivity contribution is -0.153. The highest BCUT2D eigenvalue weighted by atomic mass is 16.6. The maximum absolute atomic E-state index is 13.5. The van der Waals surface area contributed by atoms with Gasteiger partial charge in [0.05, 0.1) is 19.6 Å². The van der Waals surface area contributed by atoms with Crippen molar-refractivity contribution < 1.29 is 57.2 Å². The van der Waals surface area contributed by atoms with E-state index in [-0.39, 0.29) is 16.7 Å². The molecular formula is C33H39N3O15. The van der Waals surface area contributed by atoms with Crippen LogP contribution in [0.1, 0.15) is 41.5 Å². The Bertz CT molecular complexity index is 1640. The van der Waals surface area contributed by atoms with Gasteiger partial charge in [-0.25, -0.2) is 56.9 Å². The van der Waals surface area contributed by atoms with Crippen molar-refractivity contribution in [2.45, 2.75) is 79.5 Å². The van der Waals surface area contributed by atoms with E-state index in [1.165, 1.54) is 41.5 Å². The Kier molecular flexibility index (Phi) is 15.4. The van der Waals surface area contributed by atoms with Gasteiger partial charge in [-0.2, -0.15) is 0 Å². The Morgan fingerprint density at radius 1 is 0.451 bits per heavy atom. The molecule has 0 radical (unpaired) electrons. The highest BCUT2D eigenvalue weighted by molar-refractivity contribution is 5.95. The molecule has 51 heavy (non-hydrogen) atoms. The average Bonchev–Trinajstić information content (AvgIpc) is 3.02. The quantitative estimate of drug-likeness (QED) is 0.0889. The molecule has 0 bridgehead atoms. The van der Waals surface area contributed by atoms with Gasteiger partial charge < -0.3 is 28.4 Å². The third kappa shape index (κ3) is 12.6. The third-order valence-electron chi connectivity index (χ3n) is 6.01. The van der Waals surface area contributed by atoms with E-state index >= 15 is 0 Å². The number of esters is 6. The predicted molar refractivity (Wildman–Crippen MR) is 176 cm³/mol. The van der Waals surface area contributed by atoms with Gasteiger partial charge in [0.2, 0.25) is 17.3 Å². The normalized spacial score (nSPS) is 12.1. The van der Waals surface area contributed by atoms with Crippen molar-refractivity contribution >= 4 is 35.8 Å². The second-order valence-electron chi connectivity index (χ2n) is 11.1. The molecule has 1 aromatic heterocycles. The van der Waals surface area contributed by atoms with Gasteiger partial charge in [0.25, 0.3) is 0 Å². The third-order valence-corrected chi connectivity index (χ3v) is 6.01. The molecule has 0 aliphatic rings. The SMILES string of the molecule is C=C(C)C(=O)OC(=C)C(=O)OC(C)Cn1c(=O)n(CC(C)OC(=O)C(=C)OC(=O)C(=C)C)c(=O)n(CC(C)OC(=O)C(=C)OC(=O)C(=C)C)c1=O. The van der Waals surface area contributed by atoms with Crippen molar-refractivity contribution in [3.8, 4) is 0 Å². The molecule has 0 aliphatic heterocycles. The van der Waals surface area contributed by atoms with Crippen LogP contribution >= 0.6 is 0 Å². The van der Waals surface area contributed by atoms with Gasteiger partial charge in [0.1, 0.15) is 18.3 Å². The lowest BCUT2D eigenvalue weighted by Gasteiger charge is -2.21. The molecule has 3 atom stereocenters. The van der Waals surface area contributed by atoms with Crippen molar-refractivity contribution in [3.63, 3.8) is 0 Å². The first kappa shape index (κ1) is 42.7. The Labute approximate surface area is 291 Å². The molecule has 276 valence electrons. The van der Waals surface area contributed by atoms with E-state index in [2.05, 4.69) is 39.5 Å². The summed E-state index contributed by atoms with van der Waals surface area (Å²) in [5, 5.41) is 0. The van der Waals surface area contributed by atoms with Crippen molar-refractivity contribution in [2.24, 2.45) is 0 Å². The van der Waals surface area contributed by atoms with Crippen molar-refractivity contribution in [2.75, 3.05) is 0 Å². The van der Waals surface area contributed by atoms with Crippen LogP contribution in [0.2, 0.25) is 0 Å². The Morgan fingerprint density at radius 3 is 0.824 bits per heavy atom. The minimum Gasteiger partial charge on any atom is -0.455 e.